The van der Waals surface area contributed by atoms with Crippen LogP contribution in [0.2, 0.25) is 0 Å². The molecule has 1 fully saturated rings. The van der Waals surface area contributed by atoms with E-state index in [-0.39, 0.29) is 18.5 Å². The van der Waals surface area contributed by atoms with Crippen molar-refractivity contribution in [2.45, 2.75) is 38.0 Å². The summed E-state index contributed by atoms with van der Waals surface area (Å²) in [5, 5.41) is 13.9. The standard InChI is InChI=1S/C21H23N3O3/c1-27-16-5-2-4-15(12-16)20-21-14(8-10-22-20)9-11-24(21)13-19(26)23-17-6-3-7-18(17)25/h2,4-5,8-12,17-18,25H,3,6-7,13H2,1H3,(H,23,26)/t17-,18+/m1/s1. The Bertz CT molecular complexity index is 966. The number of aliphatic hydroxyl groups excluding tert-OH is 1. The second-order valence-corrected chi connectivity index (χ2v) is 6.95. The Kier molecular flexibility index (Phi) is 4.81. The average molecular weight is 365 g/mol. The molecule has 1 amide bonds. The second-order valence-electron chi connectivity index (χ2n) is 6.95. The highest BCUT2D eigenvalue weighted by molar-refractivity contribution is 5.93. The summed E-state index contributed by atoms with van der Waals surface area (Å²) in [4.78, 5) is 17.1. The third-order valence-electron chi connectivity index (χ3n) is 5.16. The Morgan fingerprint density at radius 3 is 3.00 bits per heavy atom. The zero-order chi connectivity index (χ0) is 18.8. The van der Waals surface area contributed by atoms with Crippen molar-refractivity contribution in [1.82, 2.24) is 14.9 Å². The lowest BCUT2D eigenvalue weighted by Crippen LogP contribution is -2.41. The highest BCUT2D eigenvalue weighted by Gasteiger charge is 2.26. The fraction of sp³-hybridized carbons (Fsp3) is 0.333. The van der Waals surface area contributed by atoms with Crippen molar-refractivity contribution in [1.29, 1.82) is 0 Å². The van der Waals surface area contributed by atoms with Crippen LogP contribution in [0.15, 0.2) is 48.8 Å². The minimum atomic E-state index is -0.440. The molecule has 0 radical (unpaired) electrons. The van der Waals surface area contributed by atoms with Gasteiger partial charge in [-0.2, -0.15) is 0 Å². The Morgan fingerprint density at radius 1 is 1.33 bits per heavy atom. The summed E-state index contributed by atoms with van der Waals surface area (Å²) in [7, 11) is 1.64. The fourth-order valence-electron chi connectivity index (χ4n) is 3.78. The highest BCUT2D eigenvalue weighted by Crippen LogP contribution is 2.29. The fourth-order valence-corrected chi connectivity index (χ4v) is 3.78. The quantitative estimate of drug-likeness (QED) is 0.729. The zero-order valence-corrected chi connectivity index (χ0v) is 15.3. The first-order chi connectivity index (χ1) is 13.2. The van der Waals surface area contributed by atoms with Crippen molar-refractivity contribution in [3.8, 4) is 17.0 Å². The Labute approximate surface area is 157 Å². The maximum atomic E-state index is 12.5. The predicted molar refractivity (Wildman–Crippen MR) is 104 cm³/mol. The summed E-state index contributed by atoms with van der Waals surface area (Å²) in [6.45, 7) is 0.190. The van der Waals surface area contributed by atoms with Crippen molar-refractivity contribution in [2.75, 3.05) is 7.11 Å². The van der Waals surface area contributed by atoms with Gasteiger partial charge in [0.1, 0.15) is 12.3 Å². The lowest BCUT2D eigenvalue weighted by atomic mass is 10.1. The minimum absolute atomic E-state index is 0.0982. The Balaban J connectivity index is 1.65. The van der Waals surface area contributed by atoms with Crippen molar-refractivity contribution in [3.63, 3.8) is 0 Å². The monoisotopic (exact) mass is 365 g/mol. The van der Waals surface area contributed by atoms with E-state index >= 15 is 0 Å². The molecule has 6 heteroatoms. The van der Waals surface area contributed by atoms with Gasteiger partial charge in [0.05, 0.1) is 30.5 Å². The molecule has 0 spiro atoms. The van der Waals surface area contributed by atoms with Crippen LogP contribution in [0.25, 0.3) is 22.2 Å². The molecule has 2 aromatic heterocycles. The molecule has 0 aliphatic heterocycles. The van der Waals surface area contributed by atoms with Crippen LogP contribution in [0.3, 0.4) is 0 Å². The minimum Gasteiger partial charge on any atom is -0.497 e. The summed E-state index contributed by atoms with van der Waals surface area (Å²) in [6, 6.07) is 11.5. The molecular formula is C21H23N3O3. The summed E-state index contributed by atoms with van der Waals surface area (Å²) in [5.74, 6) is 0.663. The molecule has 27 heavy (non-hydrogen) atoms. The van der Waals surface area contributed by atoms with Gasteiger partial charge in [-0.1, -0.05) is 12.1 Å². The number of ether oxygens (including phenoxy) is 1. The molecule has 2 atom stereocenters. The van der Waals surface area contributed by atoms with E-state index in [0.29, 0.717) is 0 Å². The van der Waals surface area contributed by atoms with Gasteiger partial charge in [0.15, 0.2) is 0 Å². The highest BCUT2D eigenvalue weighted by atomic mass is 16.5. The largest absolute Gasteiger partial charge is 0.497 e. The zero-order valence-electron chi connectivity index (χ0n) is 15.3. The number of aliphatic hydroxyl groups is 1. The Morgan fingerprint density at radius 2 is 2.22 bits per heavy atom. The predicted octanol–water partition coefficient (Wildman–Crippen LogP) is 2.74. The topological polar surface area (TPSA) is 76.4 Å². The van der Waals surface area contributed by atoms with Crippen LogP contribution in [-0.2, 0) is 11.3 Å². The molecular weight excluding hydrogens is 342 g/mol. The van der Waals surface area contributed by atoms with Crippen LogP contribution in [-0.4, -0.2) is 39.8 Å². The molecule has 1 saturated carbocycles. The maximum Gasteiger partial charge on any atom is 0.240 e. The van der Waals surface area contributed by atoms with E-state index in [1.807, 2.05) is 47.2 Å². The van der Waals surface area contributed by atoms with Crippen molar-refractivity contribution in [3.05, 3.63) is 48.8 Å². The molecule has 0 saturated heterocycles. The normalized spacial score (nSPS) is 19.3. The van der Waals surface area contributed by atoms with E-state index in [0.717, 1.165) is 47.2 Å². The van der Waals surface area contributed by atoms with E-state index in [2.05, 4.69) is 10.3 Å². The number of carbonyl (C=O) groups excluding carboxylic acids is 1. The van der Waals surface area contributed by atoms with Crippen molar-refractivity contribution < 1.29 is 14.6 Å². The van der Waals surface area contributed by atoms with E-state index < -0.39 is 6.10 Å². The molecule has 1 aliphatic carbocycles. The van der Waals surface area contributed by atoms with E-state index in [4.69, 9.17) is 4.74 Å². The first-order valence-corrected chi connectivity index (χ1v) is 9.21. The van der Waals surface area contributed by atoms with Crippen molar-refractivity contribution in [2.24, 2.45) is 0 Å². The van der Waals surface area contributed by atoms with Crippen LogP contribution in [0, 0.1) is 0 Å². The summed E-state index contributed by atoms with van der Waals surface area (Å²) in [5.41, 5.74) is 2.66. The molecule has 4 rings (SSSR count). The van der Waals surface area contributed by atoms with Crippen LogP contribution in [0.4, 0.5) is 0 Å². The summed E-state index contributed by atoms with van der Waals surface area (Å²) >= 11 is 0. The molecule has 1 aromatic carbocycles. The van der Waals surface area contributed by atoms with Crippen LogP contribution in [0.1, 0.15) is 19.3 Å². The first-order valence-electron chi connectivity index (χ1n) is 9.21. The number of aromatic nitrogens is 2. The van der Waals surface area contributed by atoms with Crippen LogP contribution < -0.4 is 10.1 Å². The number of methoxy groups -OCH3 is 1. The second kappa shape index (κ2) is 7.40. The van der Waals surface area contributed by atoms with Gasteiger partial charge in [-0.15, -0.1) is 0 Å². The molecule has 6 nitrogen and oxygen atoms in total. The number of amides is 1. The van der Waals surface area contributed by atoms with Gasteiger partial charge in [-0.3, -0.25) is 9.78 Å². The number of nitrogens with one attached hydrogen (secondary N) is 1. The molecule has 2 heterocycles. The summed E-state index contributed by atoms with van der Waals surface area (Å²) < 4.78 is 7.24. The molecule has 2 N–H and O–H groups in total. The van der Waals surface area contributed by atoms with Gasteiger partial charge in [0.25, 0.3) is 0 Å². The molecule has 0 bridgehead atoms. The average Bonchev–Trinajstić information content (AvgIpc) is 3.28. The molecule has 1 aliphatic rings. The Hall–Kier alpha value is -2.86. The van der Waals surface area contributed by atoms with Crippen molar-refractivity contribution >= 4 is 16.8 Å². The lowest BCUT2D eigenvalue weighted by molar-refractivity contribution is -0.122. The molecule has 3 aromatic rings. The van der Waals surface area contributed by atoms with Gasteiger partial charge in [-0.25, -0.2) is 0 Å². The van der Waals surface area contributed by atoms with E-state index in [1.54, 1.807) is 13.3 Å². The SMILES string of the molecule is COc1cccc(-c2nccc3ccn(CC(=O)N[C@@H]4CCC[C@@H]4O)c23)c1. The van der Waals surface area contributed by atoms with E-state index in [9.17, 15) is 9.90 Å². The first kappa shape index (κ1) is 17.5. The number of pyridine rings is 1. The van der Waals surface area contributed by atoms with Gasteiger partial charge in [0, 0.05) is 23.3 Å². The van der Waals surface area contributed by atoms with E-state index in [1.165, 1.54) is 0 Å². The maximum absolute atomic E-state index is 12.5. The van der Waals surface area contributed by atoms with Gasteiger partial charge >= 0.3 is 0 Å². The number of carbonyl (C=O) groups is 1. The smallest absolute Gasteiger partial charge is 0.240 e. The van der Waals surface area contributed by atoms with Gasteiger partial charge in [-0.05, 0) is 43.5 Å². The number of hydrogen-bond donors (Lipinski definition) is 2. The number of nitrogens with zero attached hydrogens (tertiary/aromatic N) is 2. The number of benzene rings is 1. The molecule has 0 unspecified atom stereocenters. The third-order valence-corrected chi connectivity index (χ3v) is 5.16. The lowest BCUT2D eigenvalue weighted by Gasteiger charge is -2.17. The molecule has 140 valence electrons. The van der Waals surface area contributed by atoms with Crippen LogP contribution >= 0.6 is 0 Å². The number of fused-ring (bicyclic) bond motifs is 1. The summed E-state index contributed by atoms with van der Waals surface area (Å²) in [6.07, 6.45) is 5.76. The van der Waals surface area contributed by atoms with Gasteiger partial charge < -0.3 is 19.7 Å². The van der Waals surface area contributed by atoms with Crippen LogP contribution in [0.5, 0.6) is 5.75 Å². The number of rotatable bonds is 5. The number of hydrogen-bond acceptors (Lipinski definition) is 4. The van der Waals surface area contributed by atoms with Gasteiger partial charge in [0.2, 0.25) is 5.91 Å². The third kappa shape index (κ3) is 3.53.